The van der Waals surface area contributed by atoms with E-state index in [1.165, 1.54) is 0 Å². The largest absolute Gasteiger partial charge is 0.378 e. The maximum absolute atomic E-state index is 12.1. The van der Waals surface area contributed by atoms with E-state index < -0.39 is 0 Å². The van der Waals surface area contributed by atoms with E-state index in [1.807, 2.05) is 4.90 Å². The van der Waals surface area contributed by atoms with Gasteiger partial charge in [-0.15, -0.1) is 0 Å². The average molecular weight is 213 g/mol. The SMILES string of the molecule is O=C(C1COCCN1)N1CCCNCC1. The fourth-order valence-electron chi connectivity index (χ4n) is 2.01. The molecular formula is C10H19N3O2. The topological polar surface area (TPSA) is 53.6 Å². The Morgan fingerprint density at radius 2 is 2.20 bits per heavy atom. The minimum atomic E-state index is -0.128. The van der Waals surface area contributed by atoms with Gasteiger partial charge in [-0.1, -0.05) is 0 Å². The van der Waals surface area contributed by atoms with Gasteiger partial charge in [-0.05, 0) is 13.0 Å². The number of carbonyl (C=O) groups is 1. The molecule has 0 aromatic carbocycles. The molecule has 0 spiro atoms. The van der Waals surface area contributed by atoms with E-state index in [4.69, 9.17) is 4.74 Å². The van der Waals surface area contributed by atoms with Crippen molar-refractivity contribution in [3.8, 4) is 0 Å². The summed E-state index contributed by atoms with van der Waals surface area (Å²) in [6.07, 6.45) is 1.04. The second kappa shape index (κ2) is 5.44. The first-order chi connectivity index (χ1) is 7.38. The fourth-order valence-corrected chi connectivity index (χ4v) is 2.01. The Labute approximate surface area is 90.1 Å². The molecule has 2 aliphatic rings. The summed E-state index contributed by atoms with van der Waals surface area (Å²) >= 11 is 0. The lowest BCUT2D eigenvalue weighted by Gasteiger charge is -2.29. The smallest absolute Gasteiger partial charge is 0.242 e. The van der Waals surface area contributed by atoms with E-state index in [2.05, 4.69) is 10.6 Å². The Hall–Kier alpha value is -0.650. The molecule has 1 atom stereocenters. The predicted octanol–water partition coefficient (Wildman–Crippen LogP) is -1.20. The number of morpholine rings is 1. The molecule has 0 saturated carbocycles. The zero-order valence-corrected chi connectivity index (χ0v) is 9.00. The molecule has 0 bridgehead atoms. The first-order valence-corrected chi connectivity index (χ1v) is 5.68. The molecule has 0 aromatic rings. The maximum atomic E-state index is 12.1. The molecule has 2 N–H and O–H groups in total. The summed E-state index contributed by atoms with van der Waals surface area (Å²) in [6.45, 7) is 5.61. The molecule has 0 aliphatic carbocycles. The number of ether oxygens (including phenoxy) is 1. The monoisotopic (exact) mass is 213 g/mol. The van der Waals surface area contributed by atoms with Crippen molar-refractivity contribution in [3.05, 3.63) is 0 Å². The summed E-state index contributed by atoms with van der Waals surface area (Å²) < 4.78 is 5.30. The number of hydrogen-bond donors (Lipinski definition) is 2. The molecule has 2 heterocycles. The van der Waals surface area contributed by atoms with Crippen molar-refractivity contribution in [3.63, 3.8) is 0 Å². The van der Waals surface area contributed by atoms with Gasteiger partial charge in [0.05, 0.1) is 13.2 Å². The molecule has 1 amide bonds. The van der Waals surface area contributed by atoms with Gasteiger partial charge in [0, 0.05) is 26.2 Å². The van der Waals surface area contributed by atoms with E-state index in [0.717, 1.165) is 39.1 Å². The average Bonchev–Trinajstić information content (AvgIpc) is 2.58. The highest BCUT2D eigenvalue weighted by atomic mass is 16.5. The van der Waals surface area contributed by atoms with Crippen molar-refractivity contribution in [2.75, 3.05) is 45.9 Å². The van der Waals surface area contributed by atoms with Crippen LogP contribution in [0.4, 0.5) is 0 Å². The second-order valence-corrected chi connectivity index (χ2v) is 4.01. The highest BCUT2D eigenvalue weighted by molar-refractivity contribution is 5.82. The third-order valence-electron chi connectivity index (χ3n) is 2.87. The number of nitrogens with zero attached hydrogens (tertiary/aromatic N) is 1. The first kappa shape index (κ1) is 10.9. The standard InChI is InChI=1S/C10H19N3O2/c14-10(9-8-15-7-4-12-9)13-5-1-2-11-3-6-13/h9,11-12H,1-8H2. The van der Waals surface area contributed by atoms with Crippen LogP contribution in [0.2, 0.25) is 0 Å². The molecule has 5 heteroatoms. The van der Waals surface area contributed by atoms with Crippen LogP contribution in [0.15, 0.2) is 0 Å². The molecule has 2 aliphatic heterocycles. The Morgan fingerprint density at radius 1 is 1.27 bits per heavy atom. The van der Waals surface area contributed by atoms with Gasteiger partial charge in [-0.3, -0.25) is 4.79 Å². The van der Waals surface area contributed by atoms with Gasteiger partial charge >= 0.3 is 0 Å². The van der Waals surface area contributed by atoms with Crippen molar-refractivity contribution >= 4 is 5.91 Å². The molecular weight excluding hydrogens is 194 g/mol. The van der Waals surface area contributed by atoms with E-state index in [9.17, 15) is 4.79 Å². The van der Waals surface area contributed by atoms with E-state index in [0.29, 0.717) is 13.2 Å². The fraction of sp³-hybridized carbons (Fsp3) is 0.900. The van der Waals surface area contributed by atoms with Gasteiger partial charge in [-0.25, -0.2) is 0 Å². The molecule has 1 unspecified atom stereocenters. The minimum absolute atomic E-state index is 0.128. The molecule has 86 valence electrons. The Bertz CT molecular complexity index is 209. The summed E-state index contributed by atoms with van der Waals surface area (Å²) in [5.74, 6) is 0.193. The second-order valence-electron chi connectivity index (χ2n) is 4.01. The Balaban J connectivity index is 1.87. The maximum Gasteiger partial charge on any atom is 0.242 e. The third-order valence-corrected chi connectivity index (χ3v) is 2.87. The van der Waals surface area contributed by atoms with Gasteiger partial charge in [0.1, 0.15) is 6.04 Å². The number of hydrogen-bond acceptors (Lipinski definition) is 4. The van der Waals surface area contributed by atoms with E-state index >= 15 is 0 Å². The predicted molar refractivity (Wildman–Crippen MR) is 56.7 cm³/mol. The highest BCUT2D eigenvalue weighted by Gasteiger charge is 2.26. The lowest BCUT2D eigenvalue weighted by Crippen LogP contribution is -2.53. The Morgan fingerprint density at radius 3 is 3.00 bits per heavy atom. The van der Waals surface area contributed by atoms with Crippen LogP contribution < -0.4 is 10.6 Å². The van der Waals surface area contributed by atoms with E-state index in [-0.39, 0.29) is 11.9 Å². The van der Waals surface area contributed by atoms with Gasteiger partial charge in [0.15, 0.2) is 0 Å². The van der Waals surface area contributed by atoms with Gasteiger partial charge in [0.25, 0.3) is 0 Å². The zero-order chi connectivity index (χ0) is 10.5. The summed E-state index contributed by atoms with van der Waals surface area (Å²) in [5.41, 5.74) is 0. The van der Waals surface area contributed by atoms with Crippen molar-refractivity contribution in [1.29, 1.82) is 0 Å². The summed E-state index contributed by atoms with van der Waals surface area (Å²) in [4.78, 5) is 14.0. The molecule has 2 saturated heterocycles. The van der Waals surface area contributed by atoms with Crippen LogP contribution in [0.1, 0.15) is 6.42 Å². The number of rotatable bonds is 1. The zero-order valence-electron chi connectivity index (χ0n) is 9.00. The molecule has 2 fully saturated rings. The van der Waals surface area contributed by atoms with Crippen molar-refractivity contribution in [2.24, 2.45) is 0 Å². The van der Waals surface area contributed by atoms with Crippen molar-refractivity contribution < 1.29 is 9.53 Å². The molecule has 15 heavy (non-hydrogen) atoms. The van der Waals surface area contributed by atoms with E-state index in [1.54, 1.807) is 0 Å². The summed E-state index contributed by atoms with van der Waals surface area (Å²) in [6, 6.07) is -0.128. The van der Waals surface area contributed by atoms with Crippen LogP contribution in [-0.2, 0) is 9.53 Å². The van der Waals surface area contributed by atoms with Gasteiger partial charge < -0.3 is 20.3 Å². The Kier molecular flexibility index (Phi) is 3.94. The van der Waals surface area contributed by atoms with Gasteiger partial charge in [0.2, 0.25) is 5.91 Å². The lowest BCUT2D eigenvalue weighted by molar-refractivity contribution is -0.136. The third kappa shape index (κ3) is 2.90. The van der Waals surface area contributed by atoms with Crippen molar-refractivity contribution in [2.45, 2.75) is 12.5 Å². The normalized spacial score (nSPS) is 28.5. The first-order valence-electron chi connectivity index (χ1n) is 5.68. The van der Waals surface area contributed by atoms with Crippen LogP contribution in [0.25, 0.3) is 0 Å². The molecule has 2 rings (SSSR count). The molecule has 5 nitrogen and oxygen atoms in total. The minimum Gasteiger partial charge on any atom is -0.378 e. The number of amides is 1. The quantitative estimate of drug-likeness (QED) is 0.574. The number of carbonyl (C=O) groups excluding carboxylic acids is 1. The summed E-state index contributed by atoms with van der Waals surface area (Å²) in [5, 5.41) is 6.49. The molecule has 0 aromatic heterocycles. The van der Waals surface area contributed by atoms with Crippen LogP contribution in [0.5, 0.6) is 0 Å². The van der Waals surface area contributed by atoms with Crippen LogP contribution in [-0.4, -0.2) is 62.8 Å². The lowest BCUT2D eigenvalue weighted by atomic mass is 10.2. The highest BCUT2D eigenvalue weighted by Crippen LogP contribution is 2.02. The van der Waals surface area contributed by atoms with Crippen LogP contribution in [0.3, 0.4) is 0 Å². The molecule has 0 radical (unpaired) electrons. The number of nitrogens with one attached hydrogen (secondary N) is 2. The van der Waals surface area contributed by atoms with Crippen molar-refractivity contribution in [1.82, 2.24) is 15.5 Å². The van der Waals surface area contributed by atoms with Crippen LogP contribution >= 0.6 is 0 Å². The summed E-state index contributed by atoms with van der Waals surface area (Å²) in [7, 11) is 0. The van der Waals surface area contributed by atoms with Gasteiger partial charge in [-0.2, -0.15) is 0 Å². The van der Waals surface area contributed by atoms with Crippen LogP contribution in [0, 0.1) is 0 Å².